The fourth-order valence-corrected chi connectivity index (χ4v) is 14.3. The van der Waals surface area contributed by atoms with Crippen molar-refractivity contribution in [1.82, 2.24) is 14.7 Å². The number of imide groups is 3. The van der Waals surface area contributed by atoms with Gasteiger partial charge in [-0.05, 0) is 66.4 Å². The Morgan fingerprint density at radius 1 is 0.524 bits per heavy atom. The Hall–Kier alpha value is -5.10. The molecule has 0 unspecified atom stereocenters. The number of thioether (sulfide) groups is 1. The number of hydrogen-bond donors (Lipinski definition) is 0. The average Bonchev–Trinajstić information content (AvgIpc) is 3.50. The highest BCUT2D eigenvalue weighted by molar-refractivity contribution is 7.99. The lowest BCUT2D eigenvalue weighted by molar-refractivity contribution is -0.342. The minimum absolute atomic E-state index is 0.00576. The van der Waals surface area contributed by atoms with E-state index in [0.717, 1.165) is 36.3 Å². The van der Waals surface area contributed by atoms with E-state index in [4.69, 9.17) is 56.2 Å². The number of aryl methyl sites for hydroxylation is 1. The van der Waals surface area contributed by atoms with Crippen molar-refractivity contribution in [2.45, 2.75) is 215 Å². The first-order valence-corrected chi connectivity index (χ1v) is 35.3. The van der Waals surface area contributed by atoms with Crippen molar-refractivity contribution in [3.63, 3.8) is 0 Å². The first-order valence-electron chi connectivity index (χ1n) is 28.6. The summed E-state index contributed by atoms with van der Waals surface area (Å²) in [5.74, 6) is -1.98. The van der Waals surface area contributed by atoms with Crippen LogP contribution in [0.15, 0.2) is 89.8 Å². The third-order valence-corrected chi connectivity index (χ3v) is 27.5. The molecule has 458 valence electrons. The number of hydrogen-bond acceptors (Lipinski definition) is 19. The van der Waals surface area contributed by atoms with Gasteiger partial charge in [-0.15, -0.1) is 0 Å². The van der Waals surface area contributed by atoms with Crippen LogP contribution in [-0.2, 0) is 83.8 Å². The summed E-state index contributed by atoms with van der Waals surface area (Å²) in [6.45, 7) is 26.5. The molecule has 6 aliphatic heterocycles. The fourth-order valence-electron chi connectivity index (χ4n) is 10.8. The smallest absolute Gasteiger partial charge is 0.417 e. The van der Waals surface area contributed by atoms with E-state index in [1.807, 2.05) is 91.9 Å². The minimum atomic E-state index is -2.71. The lowest BCUT2D eigenvalue weighted by atomic mass is 9.93. The molecule has 24 heteroatoms. The maximum absolute atomic E-state index is 14.4. The Bertz CT molecular complexity index is 2860. The predicted octanol–water partition coefficient (Wildman–Crippen LogP) is 9.09. The van der Waals surface area contributed by atoms with Gasteiger partial charge >= 0.3 is 18.3 Å². The highest BCUT2D eigenvalue weighted by Gasteiger charge is 2.66. The maximum atomic E-state index is 14.4. The van der Waals surface area contributed by atoms with Crippen LogP contribution in [0.1, 0.15) is 79.0 Å². The number of ether oxygens (including phenoxy) is 10. The van der Waals surface area contributed by atoms with Crippen molar-refractivity contribution in [3.05, 3.63) is 102 Å². The van der Waals surface area contributed by atoms with Crippen LogP contribution < -0.4 is 0 Å². The lowest BCUT2D eigenvalue weighted by Crippen LogP contribution is -2.69. The molecule has 0 aromatic heterocycles. The summed E-state index contributed by atoms with van der Waals surface area (Å²) in [5, 5.41) is -0.531. The zero-order valence-electron chi connectivity index (χ0n) is 50.4. The first kappa shape index (κ1) is 63.4. The van der Waals surface area contributed by atoms with Crippen LogP contribution in [0, 0.1) is 6.92 Å². The summed E-state index contributed by atoms with van der Waals surface area (Å²) in [4.78, 5) is 87.2. The molecule has 0 spiro atoms. The van der Waals surface area contributed by atoms with Gasteiger partial charge in [0, 0.05) is 25.7 Å². The number of carbonyl (C=O) groups is 6. The Labute approximate surface area is 498 Å². The molecule has 84 heavy (non-hydrogen) atoms. The molecule has 0 N–H and O–H groups in total. The molecule has 9 rings (SSSR count). The predicted molar refractivity (Wildman–Crippen MR) is 310 cm³/mol. The van der Waals surface area contributed by atoms with Gasteiger partial charge in [0.05, 0.1) is 33.0 Å². The summed E-state index contributed by atoms with van der Waals surface area (Å²) in [6.07, 6.45) is -16.6. The average molecular weight is 1220 g/mol. The van der Waals surface area contributed by atoms with Crippen LogP contribution in [0.4, 0.5) is 14.4 Å². The van der Waals surface area contributed by atoms with Gasteiger partial charge in [-0.2, -0.15) is 0 Å². The molecule has 6 fully saturated rings. The molecule has 6 saturated heterocycles. The Balaban J connectivity index is 1.11. The fraction of sp³-hybridized carbons (Fsp3) is 0.600. The topological polar surface area (TPSA) is 223 Å². The van der Waals surface area contributed by atoms with Gasteiger partial charge in [-0.3, -0.25) is 14.4 Å². The van der Waals surface area contributed by atoms with E-state index in [2.05, 4.69) is 67.7 Å². The summed E-state index contributed by atoms with van der Waals surface area (Å²) >= 11 is 1.30. The summed E-state index contributed by atoms with van der Waals surface area (Å²) in [6, 6.07) is 22.8. The van der Waals surface area contributed by atoms with E-state index >= 15 is 0 Å². The van der Waals surface area contributed by atoms with Crippen LogP contribution in [-0.4, -0.2) is 178 Å². The lowest BCUT2D eigenvalue weighted by Gasteiger charge is -2.51. The molecular weight excluding hydrogens is 1140 g/mol. The van der Waals surface area contributed by atoms with Crippen LogP contribution >= 0.6 is 11.8 Å². The van der Waals surface area contributed by atoms with Crippen molar-refractivity contribution in [2.24, 2.45) is 0 Å². The highest BCUT2D eigenvalue weighted by atomic mass is 32.2. The first-order chi connectivity index (χ1) is 39.5. The van der Waals surface area contributed by atoms with E-state index in [9.17, 15) is 28.8 Å². The molecule has 6 amide bonds. The highest BCUT2D eigenvalue weighted by Crippen LogP contribution is 2.47. The molecule has 0 saturated carbocycles. The molecule has 0 radical (unpaired) electrons. The normalized spacial score (nSPS) is 30.8. The molecule has 0 aliphatic carbocycles. The standard InChI is InChI=1S/C60H81N3O18SSi2/c1-34-25-27-40(28-26-34)82-55-46-52(80-58(69)63(46)37(4)66)48(42(75-55)32-71-30-39-23-19-16-20-24-39)77-53-44-50(78-56(67)61(44)35(2)64)47(41(73-53)31-70-29-38-21-17-15-18-22-38)76-54-45-51(79-57(68)62(45)36(3)65)49(81-84(13,14)60(8,9)10)43(74-54)33-72-83(11,12)59(5,6)7/h15-28,41-55H,29-33H2,1-14H3/t41-,42-,43-,44-,45-,46-,47+,48+,49+,50-,51-,52-,53-,54-,55-/m1/s1. The zero-order chi connectivity index (χ0) is 60.8. The molecule has 0 bridgehead atoms. The zero-order valence-corrected chi connectivity index (χ0v) is 53.2. The molecular formula is C60H81N3O18SSi2. The van der Waals surface area contributed by atoms with Gasteiger partial charge < -0.3 is 56.2 Å². The molecule has 3 aromatic rings. The number of nitrogens with zero attached hydrogens (tertiary/aromatic N) is 3. The van der Waals surface area contributed by atoms with E-state index in [1.54, 1.807) is 0 Å². The van der Waals surface area contributed by atoms with Gasteiger partial charge in [0.1, 0.15) is 60.2 Å². The molecule has 6 heterocycles. The number of fused-ring (bicyclic) bond motifs is 3. The second-order valence-electron chi connectivity index (χ2n) is 25.4. The second-order valence-corrected chi connectivity index (χ2v) is 36.1. The Morgan fingerprint density at radius 3 is 1.35 bits per heavy atom. The SMILES string of the molecule is CC(=O)N1C(=O)O[C@H]2[C@@H](O[C@H]3O[C@H](COCc4ccccc4)[C@H](O[C@H]4O[C@H](CO[Si](C)(C)C(C)(C)C)[C@H](O[Si](C)(C)C(C)(C)C)[C@@H]5OC(=O)N(C(C)=O)[C@@H]45)[C@@H]4OC(=O)N(C(C)=O)[C@@H]34)[C@@H](COCc3ccccc3)O[C@H](Sc3ccc(C)cc3)[C@@H]21. The van der Waals surface area contributed by atoms with E-state index in [-0.39, 0.29) is 43.1 Å². The van der Waals surface area contributed by atoms with Crippen LogP contribution in [0.2, 0.25) is 36.3 Å². The van der Waals surface area contributed by atoms with Gasteiger partial charge in [0.2, 0.25) is 17.7 Å². The number of carbonyl (C=O) groups excluding carboxylic acids is 6. The molecule has 6 aliphatic rings. The van der Waals surface area contributed by atoms with Crippen LogP contribution in [0.3, 0.4) is 0 Å². The van der Waals surface area contributed by atoms with Gasteiger partial charge in [-0.1, -0.05) is 132 Å². The van der Waals surface area contributed by atoms with Crippen molar-refractivity contribution in [2.75, 3.05) is 19.8 Å². The number of amides is 6. The monoisotopic (exact) mass is 1220 g/mol. The molecule has 21 nitrogen and oxygen atoms in total. The van der Waals surface area contributed by atoms with Crippen LogP contribution in [0.5, 0.6) is 0 Å². The molecule has 15 atom stereocenters. The van der Waals surface area contributed by atoms with E-state index in [1.165, 1.54) is 32.5 Å². The Morgan fingerprint density at radius 2 is 0.917 bits per heavy atom. The van der Waals surface area contributed by atoms with Gasteiger partial charge in [0.25, 0.3) is 0 Å². The Kier molecular flexibility index (Phi) is 19.1. The third-order valence-electron chi connectivity index (χ3n) is 17.4. The summed E-state index contributed by atoms with van der Waals surface area (Å²) in [5.41, 5.74) is 1.81. The second kappa shape index (κ2) is 25.3. The summed E-state index contributed by atoms with van der Waals surface area (Å²) in [7, 11) is -5.21. The largest absolute Gasteiger partial charge is 0.441 e. The molecule has 3 aromatic carbocycles. The number of rotatable bonds is 19. The van der Waals surface area contributed by atoms with Crippen molar-refractivity contribution in [3.8, 4) is 0 Å². The van der Waals surface area contributed by atoms with Crippen molar-refractivity contribution >= 4 is 64.4 Å². The maximum Gasteiger partial charge on any atom is 0.417 e. The van der Waals surface area contributed by atoms with Crippen molar-refractivity contribution in [1.29, 1.82) is 0 Å². The summed E-state index contributed by atoms with van der Waals surface area (Å²) < 4.78 is 80.6. The van der Waals surface area contributed by atoms with E-state index < -0.39 is 144 Å². The number of benzene rings is 3. The van der Waals surface area contributed by atoms with Gasteiger partial charge in [0.15, 0.2) is 47.5 Å². The van der Waals surface area contributed by atoms with Gasteiger partial charge in [-0.25, -0.2) is 29.1 Å². The van der Waals surface area contributed by atoms with Crippen LogP contribution in [0.25, 0.3) is 0 Å². The van der Waals surface area contributed by atoms with E-state index in [0.29, 0.717) is 0 Å². The van der Waals surface area contributed by atoms with Crippen molar-refractivity contribution < 1.29 is 85.0 Å². The minimum Gasteiger partial charge on any atom is -0.441 e. The quantitative estimate of drug-likeness (QED) is 0.0806. The third kappa shape index (κ3) is 13.4.